The van der Waals surface area contributed by atoms with Crippen molar-refractivity contribution in [1.29, 1.82) is 0 Å². The number of ether oxygens (including phenoxy) is 1. The molecule has 6 nitrogen and oxygen atoms in total. The van der Waals surface area contributed by atoms with Gasteiger partial charge >= 0.3 is 6.03 Å². The van der Waals surface area contributed by atoms with Crippen molar-refractivity contribution in [3.8, 4) is 0 Å². The number of amides is 2. The molecule has 1 aromatic heterocycles. The molecule has 0 spiro atoms. The Morgan fingerprint density at radius 1 is 1.29 bits per heavy atom. The molecule has 2 amide bonds. The molecule has 3 heterocycles. The number of pyridine rings is 1. The van der Waals surface area contributed by atoms with Crippen molar-refractivity contribution in [3.05, 3.63) is 52.7 Å². The summed E-state index contributed by atoms with van der Waals surface area (Å²) in [7, 11) is 0. The summed E-state index contributed by atoms with van der Waals surface area (Å²) in [4.78, 5) is 20.3. The predicted molar refractivity (Wildman–Crippen MR) is 112 cm³/mol. The largest absolute Gasteiger partial charge is 0.378 e. The molecule has 0 radical (unpaired) electrons. The number of fused-ring (bicyclic) bond motifs is 1. The number of nitrogens with one attached hydrogen (secondary N) is 2. The molecule has 8 heteroatoms. The van der Waals surface area contributed by atoms with Gasteiger partial charge in [0, 0.05) is 41.5 Å². The normalized spacial score (nSPS) is 19.0. The van der Waals surface area contributed by atoms with E-state index in [0.29, 0.717) is 11.6 Å². The van der Waals surface area contributed by atoms with Gasteiger partial charge in [-0.05, 0) is 41.8 Å². The van der Waals surface area contributed by atoms with Crippen molar-refractivity contribution in [1.82, 2.24) is 15.6 Å². The molecular weight excluding hydrogens is 396 g/mol. The molecule has 1 aromatic carbocycles. The number of morpholine rings is 1. The lowest BCUT2D eigenvalue weighted by atomic mass is 10.0. The Morgan fingerprint density at radius 3 is 2.93 bits per heavy atom. The fourth-order valence-corrected chi connectivity index (χ4v) is 4.69. The van der Waals surface area contributed by atoms with Crippen LogP contribution in [0.3, 0.4) is 0 Å². The fraction of sp³-hybridized carbons (Fsp3) is 0.400. The molecule has 1 fully saturated rings. The molecule has 2 aliphatic rings. The van der Waals surface area contributed by atoms with Crippen molar-refractivity contribution in [2.45, 2.75) is 23.9 Å². The molecule has 1 unspecified atom stereocenters. The summed E-state index contributed by atoms with van der Waals surface area (Å²) in [5.74, 6) is 1.93. The zero-order valence-electron chi connectivity index (χ0n) is 15.5. The van der Waals surface area contributed by atoms with Crippen LogP contribution < -0.4 is 15.5 Å². The maximum absolute atomic E-state index is 12.4. The monoisotopic (exact) mass is 418 g/mol. The lowest BCUT2D eigenvalue weighted by molar-refractivity contribution is 0.122. The predicted octanol–water partition coefficient (Wildman–Crippen LogP) is 3.61. The number of thioether (sulfide) groups is 1. The van der Waals surface area contributed by atoms with Gasteiger partial charge in [0.05, 0.1) is 19.3 Å². The van der Waals surface area contributed by atoms with Crippen molar-refractivity contribution in [3.63, 3.8) is 0 Å². The van der Waals surface area contributed by atoms with E-state index in [1.807, 2.05) is 36.5 Å². The summed E-state index contributed by atoms with van der Waals surface area (Å²) >= 11 is 7.93. The van der Waals surface area contributed by atoms with Gasteiger partial charge < -0.3 is 20.3 Å². The number of aromatic nitrogens is 1. The number of hydrogen-bond donors (Lipinski definition) is 2. The lowest BCUT2D eigenvalue weighted by Gasteiger charge is -2.27. The number of carbonyl (C=O) groups is 1. The number of rotatable bonds is 4. The highest BCUT2D eigenvalue weighted by Gasteiger charge is 2.22. The second kappa shape index (κ2) is 9.03. The summed E-state index contributed by atoms with van der Waals surface area (Å²) in [5, 5.41) is 6.69. The summed E-state index contributed by atoms with van der Waals surface area (Å²) in [5.41, 5.74) is 2.06. The van der Waals surface area contributed by atoms with E-state index in [1.165, 1.54) is 4.90 Å². The van der Waals surface area contributed by atoms with Crippen LogP contribution >= 0.6 is 23.4 Å². The minimum atomic E-state index is -0.180. The topological polar surface area (TPSA) is 66.5 Å². The Balaban J connectivity index is 1.31. The van der Waals surface area contributed by atoms with Gasteiger partial charge in [-0.15, -0.1) is 11.8 Å². The first kappa shape index (κ1) is 19.4. The second-order valence-electron chi connectivity index (χ2n) is 6.82. The summed E-state index contributed by atoms with van der Waals surface area (Å²) in [6.45, 7) is 3.63. The third-order valence-corrected chi connectivity index (χ3v) is 6.27. The smallest absolute Gasteiger partial charge is 0.315 e. The lowest BCUT2D eigenvalue weighted by Crippen LogP contribution is -2.38. The van der Waals surface area contributed by atoms with Gasteiger partial charge in [-0.25, -0.2) is 9.78 Å². The van der Waals surface area contributed by atoms with Gasteiger partial charge in [0.1, 0.15) is 5.82 Å². The van der Waals surface area contributed by atoms with Crippen molar-refractivity contribution < 1.29 is 9.53 Å². The van der Waals surface area contributed by atoms with Crippen LogP contribution in [-0.2, 0) is 11.3 Å². The van der Waals surface area contributed by atoms with E-state index >= 15 is 0 Å². The second-order valence-corrected chi connectivity index (χ2v) is 8.40. The Bertz CT molecular complexity index is 827. The van der Waals surface area contributed by atoms with Crippen molar-refractivity contribution >= 4 is 35.2 Å². The maximum Gasteiger partial charge on any atom is 0.315 e. The molecular formula is C20H23ClN4O2S. The summed E-state index contributed by atoms with van der Waals surface area (Å²) in [6, 6.07) is 9.67. The van der Waals surface area contributed by atoms with E-state index < -0.39 is 0 Å². The minimum absolute atomic E-state index is 0.0169. The number of hydrogen-bond acceptors (Lipinski definition) is 5. The number of halogens is 1. The molecule has 28 heavy (non-hydrogen) atoms. The molecule has 1 saturated heterocycles. The summed E-state index contributed by atoms with van der Waals surface area (Å²) in [6.07, 6.45) is 2.71. The highest BCUT2D eigenvalue weighted by molar-refractivity contribution is 7.99. The van der Waals surface area contributed by atoms with Crippen LogP contribution in [0.2, 0.25) is 5.02 Å². The van der Waals surface area contributed by atoms with Crippen LogP contribution in [0.4, 0.5) is 10.6 Å². The Kier molecular flexibility index (Phi) is 6.24. The fourth-order valence-electron chi connectivity index (χ4n) is 3.41. The third-order valence-electron chi connectivity index (χ3n) is 4.91. The Labute approximate surface area is 174 Å². The van der Waals surface area contributed by atoms with Crippen molar-refractivity contribution in [2.24, 2.45) is 0 Å². The zero-order chi connectivity index (χ0) is 19.3. The van der Waals surface area contributed by atoms with Crippen LogP contribution in [0.5, 0.6) is 0 Å². The number of carbonyl (C=O) groups excluding carboxylic acids is 1. The summed E-state index contributed by atoms with van der Waals surface area (Å²) < 4.78 is 5.37. The number of benzene rings is 1. The molecule has 2 aliphatic heterocycles. The average molecular weight is 419 g/mol. The Morgan fingerprint density at radius 2 is 2.14 bits per heavy atom. The van der Waals surface area contributed by atoms with E-state index in [2.05, 4.69) is 20.5 Å². The third kappa shape index (κ3) is 4.71. The van der Waals surface area contributed by atoms with Gasteiger partial charge in [-0.2, -0.15) is 0 Å². The van der Waals surface area contributed by atoms with Crippen LogP contribution in [0.1, 0.15) is 23.6 Å². The molecule has 148 valence electrons. The van der Waals surface area contributed by atoms with Gasteiger partial charge in [0.2, 0.25) is 0 Å². The highest BCUT2D eigenvalue weighted by atomic mass is 35.5. The van der Waals surface area contributed by atoms with E-state index in [4.69, 9.17) is 16.3 Å². The number of nitrogens with zero attached hydrogens (tertiary/aromatic N) is 2. The molecule has 2 aromatic rings. The van der Waals surface area contributed by atoms with Gasteiger partial charge in [0.15, 0.2) is 0 Å². The van der Waals surface area contributed by atoms with Crippen LogP contribution in [0.25, 0.3) is 0 Å². The highest BCUT2D eigenvalue weighted by Crippen LogP contribution is 2.37. The first-order valence-corrected chi connectivity index (χ1v) is 10.8. The maximum atomic E-state index is 12.4. The molecule has 4 rings (SSSR count). The molecule has 1 atom stereocenters. The van der Waals surface area contributed by atoms with Crippen LogP contribution in [0, 0.1) is 0 Å². The van der Waals surface area contributed by atoms with Crippen LogP contribution in [-0.4, -0.2) is 43.1 Å². The van der Waals surface area contributed by atoms with E-state index in [9.17, 15) is 4.79 Å². The quantitative estimate of drug-likeness (QED) is 0.794. The van der Waals surface area contributed by atoms with E-state index in [-0.39, 0.29) is 12.1 Å². The molecule has 2 N–H and O–H groups in total. The molecule has 0 saturated carbocycles. The average Bonchev–Trinajstić information content (AvgIpc) is 2.74. The van der Waals surface area contributed by atoms with Gasteiger partial charge in [0.25, 0.3) is 0 Å². The van der Waals surface area contributed by atoms with Crippen molar-refractivity contribution in [2.75, 3.05) is 37.0 Å². The van der Waals surface area contributed by atoms with E-state index in [0.717, 1.165) is 55.4 Å². The molecule has 0 bridgehead atoms. The zero-order valence-corrected chi connectivity index (χ0v) is 17.1. The minimum Gasteiger partial charge on any atom is -0.378 e. The molecule has 0 aliphatic carbocycles. The number of urea groups is 1. The Hall–Kier alpha value is -1.96. The van der Waals surface area contributed by atoms with Gasteiger partial charge in [-0.1, -0.05) is 17.7 Å². The SMILES string of the molecule is O=C(NCc1ccc(N2CCOCC2)nc1)NC1CCSc2ccc(Cl)cc21. The van der Waals surface area contributed by atoms with E-state index in [1.54, 1.807) is 11.8 Å². The first-order valence-electron chi connectivity index (χ1n) is 9.43. The first-order chi connectivity index (χ1) is 13.7. The van der Waals surface area contributed by atoms with Crippen LogP contribution in [0.15, 0.2) is 41.4 Å². The number of anilines is 1. The van der Waals surface area contributed by atoms with Gasteiger partial charge in [-0.3, -0.25) is 0 Å². The standard InChI is InChI=1S/C20H23ClN4O2S/c21-15-2-3-18-16(11-15)17(5-10-28-18)24-20(26)23-13-14-1-4-19(22-12-14)25-6-8-27-9-7-25/h1-4,11-12,17H,5-10,13H2,(H2,23,24,26).